The molecule has 1 atom stereocenters. The lowest BCUT2D eigenvalue weighted by molar-refractivity contribution is 0.0944. The largest absolute Gasteiger partial charge is 0.349 e. The third kappa shape index (κ3) is 4.36. The van der Waals surface area contributed by atoms with Gasteiger partial charge in [-0.2, -0.15) is 0 Å². The fourth-order valence-electron chi connectivity index (χ4n) is 1.56. The minimum Gasteiger partial charge on any atom is -0.349 e. The van der Waals surface area contributed by atoms with Crippen LogP contribution in [0.4, 0.5) is 0 Å². The normalized spacial score (nSPS) is 12.7. The zero-order valence-corrected chi connectivity index (χ0v) is 12.1. The number of nitrogens with zero attached hydrogens (tertiary/aromatic N) is 2. The van der Waals surface area contributed by atoms with Crippen molar-refractivity contribution in [2.24, 2.45) is 5.73 Å². The van der Waals surface area contributed by atoms with Crippen molar-refractivity contribution in [1.82, 2.24) is 15.2 Å². The molecule has 0 bridgehead atoms. The molecule has 1 aromatic rings. The summed E-state index contributed by atoms with van der Waals surface area (Å²) in [5, 5.41) is 5.42. The Labute approximate surface area is 112 Å². The van der Waals surface area contributed by atoms with Crippen LogP contribution in [0.1, 0.15) is 42.3 Å². The summed E-state index contributed by atoms with van der Waals surface area (Å²) in [6, 6.07) is -0.118. The Bertz CT molecular complexity index is 374. The summed E-state index contributed by atoms with van der Waals surface area (Å²) < 4.78 is 0. The Hall–Kier alpha value is -0.980. The van der Waals surface area contributed by atoms with E-state index in [1.54, 1.807) is 5.38 Å². The third-order valence-corrected chi connectivity index (χ3v) is 3.80. The molecular formula is C12H22N4OS. The Kier molecular flexibility index (Phi) is 6.24. The van der Waals surface area contributed by atoms with Gasteiger partial charge in [0.15, 0.2) is 0 Å². The molecule has 1 heterocycles. The monoisotopic (exact) mass is 270 g/mol. The Morgan fingerprint density at radius 2 is 2.22 bits per heavy atom. The van der Waals surface area contributed by atoms with Crippen molar-refractivity contribution in [3.63, 3.8) is 0 Å². The van der Waals surface area contributed by atoms with Gasteiger partial charge in [-0.25, -0.2) is 4.98 Å². The molecular weight excluding hydrogens is 248 g/mol. The molecule has 0 aliphatic heterocycles. The van der Waals surface area contributed by atoms with Crippen LogP contribution in [0.2, 0.25) is 0 Å². The summed E-state index contributed by atoms with van der Waals surface area (Å²) in [5.74, 6) is -0.120. The number of rotatable bonds is 7. The first-order chi connectivity index (χ1) is 8.58. The quantitative estimate of drug-likeness (QED) is 0.782. The number of nitrogens with two attached hydrogens (primary N) is 1. The average molecular weight is 270 g/mol. The highest BCUT2D eigenvalue weighted by Gasteiger charge is 2.12. The first-order valence-corrected chi connectivity index (χ1v) is 7.18. The fourth-order valence-corrected chi connectivity index (χ4v) is 2.32. The van der Waals surface area contributed by atoms with Crippen LogP contribution in [-0.2, 0) is 0 Å². The minimum atomic E-state index is -0.120. The van der Waals surface area contributed by atoms with Crippen molar-refractivity contribution in [1.29, 1.82) is 0 Å². The summed E-state index contributed by atoms with van der Waals surface area (Å²) >= 11 is 1.43. The van der Waals surface area contributed by atoms with Crippen LogP contribution in [-0.4, -0.2) is 42.0 Å². The molecule has 3 N–H and O–H groups in total. The fraction of sp³-hybridized carbons (Fsp3) is 0.667. The van der Waals surface area contributed by atoms with E-state index in [0.29, 0.717) is 12.2 Å². The molecule has 102 valence electrons. The van der Waals surface area contributed by atoms with Gasteiger partial charge >= 0.3 is 0 Å². The Morgan fingerprint density at radius 3 is 2.72 bits per heavy atom. The van der Waals surface area contributed by atoms with Crippen molar-refractivity contribution in [3.8, 4) is 0 Å². The van der Waals surface area contributed by atoms with E-state index in [1.165, 1.54) is 11.3 Å². The number of hydrogen-bond acceptors (Lipinski definition) is 5. The van der Waals surface area contributed by atoms with Gasteiger partial charge < -0.3 is 16.0 Å². The van der Waals surface area contributed by atoms with Crippen molar-refractivity contribution < 1.29 is 4.79 Å². The first kappa shape index (κ1) is 15.1. The molecule has 1 unspecified atom stereocenters. The number of thiazole rings is 1. The van der Waals surface area contributed by atoms with Gasteiger partial charge in [-0.3, -0.25) is 4.79 Å². The molecule has 0 saturated heterocycles. The lowest BCUT2D eigenvalue weighted by Gasteiger charge is -2.17. The average Bonchev–Trinajstić information content (AvgIpc) is 2.84. The maximum absolute atomic E-state index is 11.8. The predicted molar refractivity (Wildman–Crippen MR) is 74.8 cm³/mol. The number of nitrogens with one attached hydrogen (secondary N) is 1. The molecule has 1 aromatic heterocycles. The predicted octanol–water partition coefficient (Wildman–Crippen LogP) is 1.23. The highest BCUT2D eigenvalue weighted by molar-refractivity contribution is 7.09. The van der Waals surface area contributed by atoms with Gasteiger partial charge in [-0.05, 0) is 20.0 Å². The zero-order chi connectivity index (χ0) is 13.5. The summed E-state index contributed by atoms with van der Waals surface area (Å²) in [4.78, 5) is 18.3. The van der Waals surface area contributed by atoms with E-state index in [1.807, 2.05) is 6.92 Å². The van der Waals surface area contributed by atoms with Gasteiger partial charge in [0, 0.05) is 18.5 Å². The Balaban J connectivity index is 2.40. The second-order valence-corrected chi connectivity index (χ2v) is 5.03. The van der Waals surface area contributed by atoms with Crippen LogP contribution in [0.3, 0.4) is 0 Å². The van der Waals surface area contributed by atoms with E-state index in [0.717, 1.165) is 24.6 Å². The minimum absolute atomic E-state index is 0.118. The van der Waals surface area contributed by atoms with Crippen molar-refractivity contribution >= 4 is 17.2 Å². The van der Waals surface area contributed by atoms with Gasteiger partial charge in [-0.15, -0.1) is 11.3 Å². The molecule has 0 spiro atoms. The first-order valence-electron chi connectivity index (χ1n) is 6.30. The molecule has 0 saturated carbocycles. The Morgan fingerprint density at radius 1 is 1.56 bits per heavy atom. The van der Waals surface area contributed by atoms with Gasteiger partial charge in [0.05, 0.1) is 6.04 Å². The number of carbonyl (C=O) groups is 1. The molecule has 0 fully saturated rings. The second kappa shape index (κ2) is 7.45. The molecule has 0 aliphatic rings. The molecule has 0 aliphatic carbocycles. The van der Waals surface area contributed by atoms with Crippen molar-refractivity contribution in [2.45, 2.75) is 26.8 Å². The van der Waals surface area contributed by atoms with Gasteiger partial charge in [0.25, 0.3) is 5.91 Å². The molecule has 0 radical (unpaired) electrons. The highest BCUT2D eigenvalue weighted by Crippen LogP contribution is 2.15. The number of carbonyl (C=O) groups excluding carboxylic acids is 1. The zero-order valence-electron chi connectivity index (χ0n) is 11.3. The summed E-state index contributed by atoms with van der Waals surface area (Å²) in [7, 11) is 0. The molecule has 6 heteroatoms. The van der Waals surface area contributed by atoms with Crippen LogP contribution in [0, 0.1) is 0 Å². The van der Waals surface area contributed by atoms with E-state index < -0.39 is 0 Å². The van der Waals surface area contributed by atoms with Crippen molar-refractivity contribution in [2.75, 3.05) is 26.2 Å². The maximum atomic E-state index is 11.8. The maximum Gasteiger partial charge on any atom is 0.270 e. The molecule has 1 rings (SSSR count). The highest BCUT2D eigenvalue weighted by atomic mass is 32.1. The van der Waals surface area contributed by atoms with E-state index in [-0.39, 0.29) is 11.9 Å². The van der Waals surface area contributed by atoms with E-state index in [9.17, 15) is 4.79 Å². The SMILES string of the molecule is CCN(CC)CCNC(=O)c1csc(C(C)N)n1. The van der Waals surface area contributed by atoms with E-state index in [4.69, 9.17) is 5.73 Å². The van der Waals surface area contributed by atoms with Crippen molar-refractivity contribution in [3.05, 3.63) is 16.1 Å². The smallest absolute Gasteiger partial charge is 0.270 e. The lowest BCUT2D eigenvalue weighted by Crippen LogP contribution is -2.34. The van der Waals surface area contributed by atoms with E-state index in [2.05, 4.69) is 29.0 Å². The van der Waals surface area contributed by atoms with Crippen LogP contribution in [0.25, 0.3) is 0 Å². The van der Waals surface area contributed by atoms with Crippen LogP contribution in [0.5, 0.6) is 0 Å². The number of likely N-dealkylation sites (N-methyl/N-ethyl adjacent to an activating group) is 1. The summed E-state index contributed by atoms with van der Waals surface area (Å²) in [5.41, 5.74) is 6.18. The molecule has 0 aromatic carbocycles. The van der Waals surface area contributed by atoms with E-state index >= 15 is 0 Å². The second-order valence-electron chi connectivity index (χ2n) is 4.14. The summed E-state index contributed by atoms with van der Waals surface area (Å²) in [6.07, 6.45) is 0. The number of aromatic nitrogens is 1. The van der Waals surface area contributed by atoms with Crippen LogP contribution in [0.15, 0.2) is 5.38 Å². The van der Waals surface area contributed by atoms with Crippen LogP contribution < -0.4 is 11.1 Å². The molecule has 1 amide bonds. The summed E-state index contributed by atoms with van der Waals surface area (Å²) in [6.45, 7) is 9.59. The standard InChI is InChI=1S/C12H22N4OS/c1-4-16(5-2)7-6-14-11(17)10-8-18-12(15-10)9(3)13/h8-9H,4-7,13H2,1-3H3,(H,14,17). The number of amides is 1. The topological polar surface area (TPSA) is 71.2 Å². The number of hydrogen-bond donors (Lipinski definition) is 2. The van der Waals surface area contributed by atoms with Crippen LogP contribution >= 0.6 is 11.3 Å². The van der Waals surface area contributed by atoms with Gasteiger partial charge in [0.1, 0.15) is 10.7 Å². The molecule has 18 heavy (non-hydrogen) atoms. The lowest BCUT2D eigenvalue weighted by atomic mass is 10.4. The third-order valence-electron chi connectivity index (χ3n) is 2.75. The van der Waals surface area contributed by atoms with Gasteiger partial charge in [-0.1, -0.05) is 13.8 Å². The van der Waals surface area contributed by atoms with Gasteiger partial charge in [0.2, 0.25) is 0 Å². The molecule has 5 nitrogen and oxygen atoms in total.